The van der Waals surface area contributed by atoms with Crippen LogP contribution in [0.2, 0.25) is 0 Å². The minimum absolute atomic E-state index is 0.0607. The molecule has 0 N–H and O–H groups in total. The Bertz CT molecular complexity index is 1450. The maximum atomic E-state index is 13.6. The highest BCUT2D eigenvalue weighted by molar-refractivity contribution is 7.98. The maximum absolute atomic E-state index is 13.6. The fourth-order valence-electron chi connectivity index (χ4n) is 4.00. The van der Waals surface area contributed by atoms with E-state index in [1.165, 1.54) is 16.7 Å². The lowest BCUT2D eigenvalue weighted by molar-refractivity contribution is 0.0482. The van der Waals surface area contributed by atoms with E-state index >= 15 is 0 Å². The van der Waals surface area contributed by atoms with Crippen LogP contribution >= 0.6 is 11.8 Å². The number of esters is 1. The number of fused-ring (bicyclic) bond motifs is 1. The van der Waals surface area contributed by atoms with E-state index in [2.05, 4.69) is 4.98 Å². The summed E-state index contributed by atoms with van der Waals surface area (Å²) >= 11 is 1.41. The van der Waals surface area contributed by atoms with Crippen molar-refractivity contribution < 1.29 is 23.8 Å². The molecule has 0 aliphatic carbocycles. The van der Waals surface area contributed by atoms with Gasteiger partial charge in [-0.15, -0.1) is 0 Å². The van der Waals surface area contributed by atoms with Crippen molar-refractivity contribution in [2.45, 2.75) is 24.8 Å². The van der Waals surface area contributed by atoms with Gasteiger partial charge in [0.05, 0.1) is 43.1 Å². The molecule has 0 aliphatic rings. The summed E-state index contributed by atoms with van der Waals surface area (Å²) < 4.78 is 17.8. The molecule has 2 aromatic carbocycles. The number of methoxy groups -OCH3 is 2. The van der Waals surface area contributed by atoms with E-state index in [1.54, 1.807) is 68.4 Å². The first-order valence-electron chi connectivity index (χ1n) is 12.0. The van der Waals surface area contributed by atoms with Crippen LogP contribution in [0.25, 0.3) is 11.0 Å². The van der Waals surface area contributed by atoms with Gasteiger partial charge in [-0.3, -0.25) is 4.98 Å². The number of nitrogens with zero attached hydrogens (tertiary/aromatic N) is 4. The number of aryl methyl sites for hydroxylation is 1. The second-order valence-electron chi connectivity index (χ2n) is 8.63. The van der Waals surface area contributed by atoms with Gasteiger partial charge >= 0.3 is 12.0 Å². The monoisotopic (exact) mass is 534 g/mol. The molecule has 9 nitrogen and oxygen atoms in total. The van der Waals surface area contributed by atoms with Crippen LogP contribution in [-0.4, -0.2) is 65.9 Å². The number of carbonyl (C=O) groups is 2. The molecule has 0 radical (unpaired) electrons. The summed E-state index contributed by atoms with van der Waals surface area (Å²) in [6.45, 7) is 4.20. The molecule has 0 atom stereocenters. The van der Waals surface area contributed by atoms with Gasteiger partial charge in [0.15, 0.2) is 5.16 Å². The third kappa shape index (κ3) is 5.75. The van der Waals surface area contributed by atoms with E-state index in [4.69, 9.17) is 19.2 Å². The maximum Gasteiger partial charge on any atom is 0.338 e. The number of ether oxygens (including phenoxy) is 3. The first kappa shape index (κ1) is 27.0. The SMILES string of the molecule is COc1ccc2c(c1)nc(SCc1ncc(C)c(OC)c1C)n2C(=O)N(C)CCOC(=O)c1ccccc1. The number of aromatic nitrogens is 3. The topological polar surface area (TPSA) is 95.8 Å². The third-order valence-electron chi connectivity index (χ3n) is 6.11. The lowest BCUT2D eigenvalue weighted by atomic mass is 10.1. The summed E-state index contributed by atoms with van der Waals surface area (Å²) in [4.78, 5) is 36.7. The largest absolute Gasteiger partial charge is 0.497 e. The lowest BCUT2D eigenvalue weighted by Gasteiger charge is -2.19. The minimum atomic E-state index is -0.431. The number of imidazole rings is 1. The molecular weight excluding hydrogens is 504 g/mol. The average molecular weight is 535 g/mol. The zero-order chi connectivity index (χ0) is 27.2. The molecule has 0 fully saturated rings. The van der Waals surface area contributed by atoms with E-state index in [-0.39, 0.29) is 19.2 Å². The molecule has 2 heterocycles. The van der Waals surface area contributed by atoms with Gasteiger partial charge in [0.25, 0.3) is 0 Å². The quantitative estimate of drug-likeness (QED) is 0.216. The molecule has 2 aromatic heterocycles. The molecule has 10 heteroatoms. The zero-order valence-electron chi connectivity index (χ0n) is 22.1. The Balaban J connectivity index is 1.55. The second-order valence-corrected chi connectivity index (χ2v) is 9.57. The molecule has 38 heavy (non-hydrogen) atoms. The Hall–Kier alpha value is -4.05. The van der Waals surface area contributed by atoms with Crippen LogP contribution in [0, 0.1) is 13.8 Å². The van der Waals surface area contributed by atoms with Crippen LogP contribution in [0.3, 0.4) is 0 Å². The highest BCUT2D eigenvalue weighted by atomic mass is 32.2. The highest BCUT2D eigenvalue weighted by Gasteiger charge is 2.22. The summed E-state index contributed by atoms with van der Waals surface area (Å²) in [5.41, 5.74) is 4.51. The van der Waals surface area contributed by atoms with Crippen LogP contribution < -0.4 is 9.47 Å². The Kier molecular flexibility index (Phi) is 8.52. The van der Waals surface area contributed by atoms with Gasteiger partial charge in [0, 0.05) is 36.2 Å². The molecule has 0 saturated heterocycles. The number of benzene rings is 2. The Morgan fingerprint density at radius 2 is 1.82 bits per heavy atom. The molecule has 0 bridgehead atoms. The lowest BCUT2D eigenvalue weighted by Crippen LogP contribution is -2.34. The van der Waals surface area contributed by atoms with Gasteiger partial charge in [0.2, 0.25) is 0 Å². The number of amides is 1. The van der Waals surface area contributed by atoms with Gasteiger partial charge in [-0.1, -0.05) is 30.0 Å². The summed E-state index contributed by atoms with van der Waals surface area (Å²) in [5.74, 6) is 1.51. The molecule has 0 spiro atoms. The molecule has 4 aromatic rings. The summed E-state index contributed by atoms with van der Waals surface area (Å²) in [5, 5.41) is 0.520. The predicted octanol–water partition coefficient (Wildman–Crippen LogP) is 5.11. The number of hydrogen-bond acceptors (Lipinski definition) is 8. The van der Waals surface area contributed by atoms with Crippen molar-refractivity contribution in [1.29, 1.82) is 0 Å². The fourth-order valence-corrected chi connectivity index (χ4v) is 5.02. The highest BCUT2D eigenvalue weighted by Crippen LogP contribution is 2.32. The number of thioether (sulfide) groups is 1. The van der Waals surface area contributed by atoms with Crippen LogP contribution in [0.4, 0.5) is 4.79 Å². The average Bonchev–Trinajstić information content (AvgIpc) is 3.30. The first-order valence-corrected chi connectivity index (χ1v) is 13.0. The van der Waals surface area contributed by atoms with Crippen molar-refractivity contribution >= 4 is 34.8 Å². The van der Waals surface area contributed by atoms with Crippen LogP contribution in [0.5, 0.6) is 11.5 Å². The first-order chi connectivity index (χ1) is 18.3. The van der Waals surface area contributed by atoms with Gasteiger partial charge < -0.3 is 19.1 Å². The summed E-state index contributed by atoms with van der Waals surface area (Å²) in [6.07, 6.45) is 1.78. The predicted molar refractivity (Wildman–Crippen MR) is 146 cm³/mol. The molecular formula is C28H30N4O5S. The van der Waals surface area contributed by atoms with Crippen molar-refractivity contribution in [1.82, 2.24) is 19.4 Å². The molecule has 1 amide bonds. The molecule has 198 valence electrons. The minimum Gasteiger partial charge on any atom is -0.497 e. The van der Waals surface area contributed by atoms with E-state index in [9.17, 15) is 9.59 Å². The second kappa shape index (κ2) is 12.0. The van der Waals surface area contributed by atoms with E-state index in [0.717, 1.165) is 22.6 Å². The Morgan fingerprint density at radius 3 is 2.53 bits per heavy atom. The normalized spacial score (nSPS) is 10.9. The van der Waals surface area contributed by atoms with Crippen molar-refractivity contribution in [2.24, 2.45) is 0 Å². The van der Waals surface area contributed by atoms with Crippen LogP contribution in [0.15, 0.2) is 59.9 Å². The smallest absolute Gasteiger partial charge is 0.338 e. The van der Waals surface area contributed by atoms with Gasteiger partial charge in [-0.05, 0) is 38.1 Å². The summed E-state index contributed by atoms with van der Waals surface area (Å²) in [6, 6.07) is 13.9. The van der Waals surface area contributed by atoms with Crippen molar-refractivity contribution in [3.05, 3.63) is 77.1 Å². The Labute approximate surface area is 225 Å². The van der Waals surface area contributed by atoms with Crippen LogP contribution in [0.1, 0.15) is 27.2 Å². The van der Waals surface area contributed by atoms with E-state index in [0.29, 0.717) is 33.3 Å². The molecule has 0 aliphatic heterocycles. The third-order valence-corrected chi connectivity index (χ3v) is 7.06. The van der Waals surface area contributed by atoms with Gasteiger partial charge in [0.1, 0.15) is 18.1 Å². The molecule has 0 unspecified atom stereocenters. The van der Waals surface area contributed by atoms with E-state index in [1.807, 2.05) is 26.0 Å². The van der Waals surface area contributed by atoms with E-state index < -0.39 is 5.97 Å². The van der Waals surface area contributed by atoms with Crippen molar-refractivity contribution in [3.8, 4) is 11.5 Å². The molecule has 4 rings (SSSR count). The number of rotatable bonds is 9. The Morgan fingerprint density at radius 1 is 1.05 bits per heavy atom. The van der Waals surface area contributed by atoms with Crippen LogP contribution in [-0.2, 0) is 10.5 Å². The van der Waals surface area contributed by atoms with Crippen molar-refractivity contribution in [3.63, 3.8) is 0 Å². The number of likely N-dealkylation sites (N-methyl/N-ethyl adjacent to an activating group) is 1. The zero-order valence-corrected chi connectivity index (χ0v) is 22.9. The van der Waals surface area contributed by atoms with Crippen molar-refractivity contribution in [2.75, 3.05) is 34.4 Å². The van der Waals surface area contributed by atoms with Gasteiger partial charge in [-0.25, -0.2) is 19.1 Å². The van der Waals surface area contributed by atoms with Gasteiger partial charge in [-0.2, -0.15) is 0 Å². The number of hydrogen-bond donors (Lipinski definition) is 0. The molecule has 0 saturated carbocycles. The standard InChI is InChI=1S/C28H30N4O5S/c1-18-16-29-23(19(2)25(18)36-5)17-38-27-30-22-15-21(35-4)11-12-24(22)32(27)28(34)31(3)13-14-37-26(33)20-9-7-6-8-10-20/h6-12,15-16H,13-14,17H2,1-5H3. The number of carbonyl (C=O) groups excluding carboxylic acids is 2. The summed E-state index contributed by atoms with van der Waals surface area (Å²) in [7, 11) is 4.90. The fraction of sp³-hybridized carbons (Fsp3) is 0.286. The number of pyridine rings is 1.